The lowest BCUT2D eigenvalue weighted by Crippen LogP contribution is -2.23. The fourth-order valence-corrected chi connectivity index (χ4v) is 1.43. The smallest absolute Gasteiger partial charge is 0.240 e. The molecule has 2 nitrogen and oxygen atoms in total. The SMILES string of the molecule is C[n+]1ccn(CCCC(C)(C)C)c1. The summed E-state index contributed by atoms with van der Waals surface area (Å²) in [4.78, 5) is 0. The van der Waals surface area contributed by atoms with E-state index in [-0.39, 0.29) is 0 Å². The predicted octanol–water partition coefficient (Wildman–Crippen LogP) is 2.14. The van der Waals surface area contributed by atoms with Crippen molar-refractivity contribution in [1.82, 2.24) is 4.57 Å². The first kappa shape index (κ1) is 10.3. The molecule has 0 aliphatic carbocycles. The number of hydrogen-bond acceptors (Lipinski definition) is 0. The Labute approximate surface area is 81.2 Å². The molecule has 1 aromatic heterocycles. The molecule has 1 rings (SSSR count). The van der Waals surface area contributed by atoms with Gasteiger partial charge in [-0.15, -0.1) is 0 Å². The van der Waals surface area contributed by atoms with Crippen LogP contribution < -0.4 is 4.57 Å². The van der Waals surface area contributed by atoms with Gasteiger partial charge in [0.15, 0.2) is 0 Å². The average Bonchev–Trinajstić information content (AvgIpc) is 2.33. The highest BCUT2D eigenvalue weighted by atomic mass is 15.1. The first-order valence-electron chi connectivity index (χ1n) is 4.98. The quantitative estimate of drug-likeness (QED) is 0.632. The van der Waals surface area contributed by atoms with E-state index in [1.54, 1.807) is 0 Å². The van der Waals surface area contributed by atoms with E-state index >= 15 is 0 Å². The van der Waals surface area contributed by atoms with E-state index in [0.29, 0.717) is 5.41 Å². The van der Waals surface area contributed by atoms with Crippen LogP contribution in [0.15, 0.2) is 18.7 Å². The number of aryl methyl sites for hydroxylation is 2. The first-order valence-corrected chi connectivity index (χ1v) is 4.98. The van der Waals surface area contributed by atoms with Crippen molar-refractivity contribution in [3.8, 4) is 0 Å². The van der Waals surface area contributed by atoms with Crippen LogP contribution in [0.2, 0.25) is 0 Å². The van der Waals surface area contributed by atoms with Crippen molar-refractivity contribution in [3.63, 3.8) is 0 Å². The zero-order chi connectivity index (χ0) is 9.90. The molecule has 0 amide bonds. The van der Waals surface area contributed by atoms with Gasteiger partial charge in [-0.25, -0.2) is 9.13 Å². The van der Waals surface area contributed by atoms with Crippen LogP contribution in [0.25, 0.3) is 0 Å². The molecule has 0 aliphatic heterocycles. The Morgan fingerprint density at radius 1 is 1.31 bits per heavy atom. The summed E-state index contributed by atoms with van der Waals surface area (Å²) >= 11 is 0. The van der Waals surface area contributed by atoms with Crippen molar-refractivity contribution in [2.45, 2.75) is 40.2 Å². The topological polar surface area (TPSA) is 8.81 Å². The summed E-state index contributed by atoms with van der Waals surface area (Å²) < 4.78 is 4.32. The summed E-state index contributed by atoms with van der Waals surface area (Å²) in [7, 11) is 2.06. The summed E-state index contributed by atoms with van der Waals surface area (Å²) in [6.45, 7) is 8.02. The van der Waals surface area contributed by atoms with Gasteiger partial charge >= 0.3 is 0 Å². The van der Waals surface area contributed by atoms with Crippen LogP contribution in [0.1, 0.15) is 33.6 Å². The molecule has 2 heteroatoms. The summed E-state index contributed by atoms with van der Waals surface area (Å²) in [6, 6.07) is 0. The van der Waals surface area contributed by atoms with Crippen molar-refractivity contribution in [3.05, 3.63) is 18.7 Å². The molecule has 1 aromatic rings. The van der Waals surface area contributed by atoms with E-state index in [0.717, 1.165) is 6.54 Å². The summed E-state index contributed by atoms with van der Waals surface area (Å²) in [5.74, 6) is 0. The Bertz CT molecular complexity index is 255. The fourth-order valence-electron chi connectivity index (χ4n) is 1.43. The lowest BCUT2D eigenvalue weighted by atomic mass is 9.91. The molecule has 0 saturated carbocycles. The predicted molar refractivity (Wildman–Crippen MR) is 54.3 cm³/mol. The van der Waals surface area contributed by atoms with Crippen molar-refractivity contribution >= 4 is 0 Å². The molecule has 0 aliphatic rings. The highest BCUT2D eigenvalue weighted by Gasteiger charge is 2.10. The summed E-state index contributed by atoms with van der Waals surface area (Å²) in [5.41, 5.74) is 0.468. The second-order valence-electron chi connectivity index (χ2n) is 4.98. The molecule has 0 bridgehead atoms. The van der Waals surface area contributed by atoms with Crippen LogP contribution in [0.5, 0.6) is 0 Å². The molecule has 13 heavy (non-hydrogen) atoms. The van der Waals surface area contributed by atoms with Crippen LogP contribution >= 0.6 is 0 Å². The standard InChI is InChI=1S/C11H21N2/c1-11(2,3)6-5-7-13-9-8-12(4)10-13/h8-10H,5-7H2,1-4H3/q+1. The molecule has 0 spiro atoms. The van der Waals surface area contributed by atoms with Gasteiger partial charge in [0.25, 0.3) is 0 Å². The largest absolute Gasteiger partial charge is 0.243 e. The number of aromatic nitrogens is 2. The van der Waals surface area contributed by atoms with Crippen LogP contribution in [0.3, 0.4) is 0 Å². The maximum absolute atomic E-state index is 2.29. The van der Waals surface area contributed by atoms with E-state index < -0.39 is 0 Å². The zero-order valence-corrected chi connectivity index (χ0v) is 9.25. The Morgan fingerprint density at radius 3 is 2.46 bits per heavy atom. The molecule has 0 N–H and O–H groups in total. The van der Waals surface area contributed by atoms with Gasteiger partial charge in [0, 0.05) is 0 Å². The lowest BCUT2D eigenvalue weighted by Gasteiger charge is -2.16. The zero-order valence-electron chi connectivity index (χ0n) is 9.25. The summed E-state index contributed by atoms with van der Waals surface area (Å²) in [6.07, 6.45) is 8.88. The Balaban J connectivity index is 2.28. The molecule has 0 aromatic carbocycles. The van der Waals surface area contributed by atoms with E-state index in [9.17, 15) is 0 Å². The van der Waals surface area contributed by atoms with Crippen molar-refractivity contribution in [1.29, 1.82) is 0 Å². The van der Waals surface area contributed by atoms with Crippen LogP contribution in [-0.2, 0) is 13.6 Å². The highest BCUT2D eigenvalue weighted by molar-refractivity contribution is 4.67. The number of hydrogen-bond donors (Lipinski definition) is 0. The maximum atomic E-state index is 2.29. The van der Waals surface area contributed by atoms with E-state index in [4.69, 9.17) is 0 Å². The molecule has 0 saturated heterocycles. The molecular formula is C11H21N2+. The van der Waals surface area contributed by atoms with Crippen LogP contribution in [0.4, 0.5) is 0 Å². The Morgan fingerprint density at radius 2 is 2.00 bits per heavy atom. The number of nitrogens with zero attached hydrogens (tertiary/aromatic N) is 2. The Hall–Kier alpha value is -0.790. The van der Waals surface area contributed by atoms with E-state index in [2.05, 4.69) is 55.7 Å². The lowest BCUT2D eigenvalue weighted by molar-refractivity contribution is -0.671. The molecule has 0 fully saturated rings. The van der Waals surface area contributed by atoms with Gasteiger partial charge in [-0.05, 0) is 18.3 Å². The van der Waals surface area contributed by atoms with Crippen molar-refractivity contribution in [2.75, 3.05) is 0 Å². The van der Waals surface area contributed by atoms with Crippen LogP contribution in [0, 0.1) is 5.41 Å². The van der Waals surface area contributed by atoms with Gasteiger partial charge < -0.3 is 0 Å². The number of rotatable bonds is 3. The summed E-state index contributed by atoms with van der Waals surface area (Å²) in [5, 5.41) is 0. The second-order valence-corrected chi connectivity index (χ2v) is 4.98. The molecule has 0 radical (unpaired) electrons. The Kier molecular flexibility index (Phi) is 3.12. The molecular weight excluding hydrogens is 160 g/mol. The second kappa shape index (κ2) is 3.95. The number of imidazole rings is 1. The normalized spacial score (nSPS) is 12.0. The van der Waals surface area contributed by atoms with Gasteiger partial charge in [0.2, 0.25) is 6.33 Å². The van der Waals surface area contributed by atoms with Gasteiger partial charge in [0.1, 0.15) is 12.4 Å². The molecule has 1 heterocycles. The third-order valence-corrected chi connectivity index (χ3v) is 2.17. The van der Waals surface area contributed by atoms with Crippen molar-refractivity contribution in [2.24, 2.45) is 12.5 Å². The minimum atomic E-state index is 0.468. The third kappa shape index (κ3) is 4.11. The molecule has 0 atom stereocenters. The fraction of sp³-hybridized carbons (Fsp3) is 0.727. The minimum absolute atomic E-state index is 0.468. The van der Waals surface area contributed by atoms with Gasteiger partial charge in [-0.1, -0.05) is 20.8 Å². The van der Waals surface area contributed by atoms with E-state index in [1.165, 1.54) is 12.8 Å². The minimum Gasteiger partial charge on any atom is -0.240 e. The average molecular weight is 181 g/mol. The van der Waals surface area contributed by atoms with Crippen molar-refractivity contribution < 1.29 is 4.57 Å². The maximum Gasteiger partial charge on any atom is 0.243 e. The first-order chi connectivity index (χ1) is 5.97. The van der Waals surface area contributed by atoms with Gasteiger partial charge in [-0.3, -0.25) is 0 Å². The van der Waals surface area contributed by atoms with E-state index in [1.807, 2.05) is 0 Å². The third-order valence-electron chi connectivity index (χ3n) is 2.17. The highest BCUT2D eigenvalue weighted by Crippen LogP contribution is 2.20. The molecule has 74 valence electrons. The molecule has 0 unspecified atom stereocenters. The van der Waals surface area contributed by atoms with Crippen LogP contribution in [-0.4, -0.2) is 4.57 Å². The van der Waals surface area contributed by atoms with Gasteiger partial charge in [-0.2, -0.15) is 0 Å². The monoisotopic (exact) mass is 181 g/mol. The van der Waals surface area contributed by atoms with Gasteiger partial charge in [0.05, 0.1) is 13.6 Å².